The monoisotopic (exact) mass is 295 g/mol. The normalized spacial score (nSPS) is 12.4. The molecule has 19 heavy (non-hydrogen) atoms. The predicted molar refractivity (Wildman–Crippen MR) is 81.2 cm³/mol. The minimum Gasteiger partial charge on any atom is -0.767 e. The molecule has 3 nitrogen and oxygen atoms in total. The van der Waals surface area contributed by atoms with Crippen LogP contribution in [0.2, 0.25) is 0 Å². The molecule has 0 aliphatic heterocycles. The highest BCUT2D eigenvalue weighted by atomic mass is 32.2. The number of esters is 1. The van der Waals surface area contributed by atoms with Crippen LogP contribution in [0.15, 0.2) is 40.9 Å². The molecule has 0 spiro atoms. The fourth-order valence-electron chi connectivity index (χ4n) is 1.36. The van der Waals surface area contributed by atoms with Crippen molar-refractivity contribution in [1.29, 1.82) is 0 Å². The van der Waals surface area contributed by atoms with E-state index in [2.05, 4.69) is 0 Å². The minimum atomic E-state index is -0.364. The number of pyridine rings is 1. The maximum atomic E-state index is 11.4. The molecule has 0 saturated carbocycles. The van der Waals surface area contributed by atoms with Gasteiger partial charge < -0.3 is 17.4 Å². The fourth-order valence-corrected chi connectivity index (χ4v) is 1.92. The van der Waals surface area contributed by atoms with Gasteiger partial charge in [0.15, 0.2) is 18.1 Å². The van der Waals surface area contributed by atoms with E-state index in [0.29, 0.717) is 6.61 Å². The molecular formula is C14H17NO2S2. The van der Waals surface area contributed by atoms with Crippen LogP contribution < -0.4 is 4.57 Å². The third-order valence-corrected chi connectivity index (χ3v) is 3.62. The van der Waals surface area contributed by atoms with Crippen molar-refractivity contribution in [3.63, 3.8) is 0 Å². The first-order chi connectivity index (χ1) is 9.08. The summed E-state index contributed by atoms with van der Waals surface area (Å²) in [5, 5.41) is 0. The molecule has 1 aromatic rings. The van der Waals surface area contributed by atoms with Crippen LogP contribution in [-0.4, -0.2) is 18.8 Å². The van der Waals surface area contributed by atoms with E-state index in [9.17, 15) is 4.79 Å². The van der Waals surface area contributed by atoms with Crippen LogP contribution in [0.4, 0.5) is 0 Å². The molecule has 1 rings (SSSR count). The molecule has 0 saturated heterocycles. The summed E-state index contributed by atoms with van der Waals surface area (Å²) in [6.45, 7) is 4.16. The Bertz CT molecular complexity index is 493. The Kier molecular flexibility index (Phi) is 6.59. The fraction of sp³-hybridized carbons (Fsp3) is 0.286. The highest BCUT2D eigenvalue weighted by Crippen LogP contribution is 2.16. The topological polar surface area (TPSA) is 30.2 Å². The number of rotatable bonds is 5. The van der Waals surface area contributed by atoms with Gasteiger partial charge in [-0.1, -0.05) is 4.24 Å². The number of nitrogens with zero attached hydrogens (tertiary/aromatic N) is 1. The van der Waals surface area contributed by atoms with Gasteiger partial charge in [-0.3, -0.25) is 0 Å². The van der Waals surface area contributed by atoms with Crippen molar-refractivity contribution in [2.75, 3.05) is 12.9 Å². The van der Waals surface area contributed by atoms with Crippen LogP contribution in [0.3, 0.4) is 0 Å². The van der Waals surface area contributed by atoms with Crippen molar-refractivity contribution < 1.29 is 14.1 Å². The third kappa shape index (κ3) is 5.04. The number of aromatic nitrogens is 1. The van der Waals surface area contributed by atoms with Crippen LogP contribution >= 0.6 is 11.8 Å². The van der Waals surface area contributed by atoms with Crippen molar-refractivity contribution in [2.24, 2.45) is 0 Å². The number of thioether (sulfide) groups is 1. The summed E-state index contributed by atoms with van der Waals surface area (Å²) in [7, 11) is 0. The Morgan fingerprint density at radius 1 is 1.42 bits per heavy atom. The molecule has 0 atom stereocenters. The maximum Gasteiger partial charge on any atom is 0.330 e. The summed E-state index contributed by atoms with van der Waals surface area (Å²) in [5.74, 6) is -0.364. The van der Waals surface area contributed by atoms with Crippen molar-refractivity contribution in [1.82, 2.24) is 0 Å². The first-order valence-corrected chi connectivity index (χ1v) is 7.50. The molecule has 0 aliphatic rings. The molecule has 0 radical (unpaired) electrons. The molecule has 5 heteroatoms. The number of ether oxygens (including phenoxy) is 1. The van der Waals surface area contributed by atoms with Crippen LogP contribution in [-0.2, 0) is 22.2 Å². The molecule has 1 aromatic heterocycles. The molecular weight excluding hydrogens is 278 g/mol. The summed E-state index contributed by atoms with van der Waals surface area (Å²) in [4.78, 5) is 11.4. The highest BCUT2D eigenvalue weighted by molar-refractivity contribution is 8.10. The van der Waals surface area contributed by atoms with Crippen molar-refractivity contribution in [3.8, 4) is 0 Å². The quantitative estimate of drug-likeness (QED) is 0.274. The van der Waals surface area contributed by atoms with Crippen molar-refractivity contribution in [3.05, 3.63) is 46.5 Å². The molecule has 0 bridgehead atoms. The van der Waals surface area contributed by atoms with Gasteiger partial charge in [0.05, 0.1) is 6.61 Å². The van der Waals surface area contributed by atoms with Crippen LogP contribution in [0.25, 0.3) is 5.70 Å². The third-order valence-electron chi connectivity index (χ3n) is 2.33. The summed E-state index contributed by atoms with van der Waals surface area (Å²) < 4.78 is 7.47. The summed E-state index contributed by atoms with van der Waals surface area (Å²) in [6.07, 6.45) is 8.83. The predicted octanol–water partition coefficient (Wildman–Crippen LogP) is 2.44. The Balaban J connectivity index is 3.04. The first-order valence-electron chi connectivity index (χ1n) is 5.87. The Morgan fingerprint density at radius 2 is 2.05 bits per heavy atom. The van der Waals surface area contributed by atoms with Crippen LogP contribution in [0.1, 0.15) is 12.5 Å². The molecule has 102 valence electrons. The molecule has 0 amide bonds. The number of carbonyl (C=O) groups is 1. The summed E-state index contributed by atoms with van der Waals surface area (Å²) in [5.41, 5.74) is 1.95. The number of allylic oxidation sites excluding steroid dienone is 2. The number of aryl methyl sites for hydroxylation is 1. The molecule has 1 heterocycles. The lowest BCUT2D eigenvalue weighted by atomic mass is 10.3. The highest BCUT2D eigenvalue weighted by Gasteiger charge is 2.07. The second kappa shape index (κ2) is 7.96. The van der Waals surface area contributed by atoms with Gasteiger partial charge in [-0.25, -0.2) is 4.79 Å². The van der Waals surface area contributed by atoms with Crippen LogP contribution in [0, 0.1) is 6.92 Å². The SMILES string of the molecule is CCOC(=O)/C=C/C(=C(/[S-])SC)[n+]1ccc(C)cc1. The van der Waals surface area contributed by atoms with Crippen molar-refractivity contribution in [2.45, 2.75) is 13.8 Å². The van der Waals surface area contributed by atoms with Gasteiger partial charge in [-0.2, -0.15) is 16.3 Å². The van der Waals surface area contributed by atoms with Gasteiger partial charge in [0, 0.05) is 24.3 Å². The van der Waals surface area contributed by atoms with E-state index in [-0.39, 0.29) is 5.97 Å². The maximum absolute atomic E-state index is 11.4. The van der Waals surface area contributed by atoms with Gasteiger partial charge in [0.1, 0.15) is 0 Å². The van der Waals surface area contributed by atoms with E-state index < -0.39 is 0 Å². The first kappa shape index (κ1) is 15.7. The van der Waals surface area contributed by atoms with E-state index in [1.165, 1.54) is 23.4 Å². The lowest BCUT2D eigenvalue weighted by Gasteiger charge is -2.09. The zero-order chi connectivity index (χ0) is 14.3. The van der Waals surface area contributed by atoms with Gasteiger partial charge in [0.25, 0.3) is 0 Å². The van der Waals surface area contributed by atoms with Gasteiger partial charge in [0.2, 0.25) is 0 Å². The molecule has 0 unspecified atom stereocenters. The molecule has 0 aliphatic carbocycles. The molecule has 0 aromatic carbocycles. The van der Waals surface area contributed by atoms with Gasteiger partial charge in [-0.15, -0.1) is 0 Å². The average molecular weight is 295 g/mol. The summed E-state index contributed by atoms with van der Waals surface area (Å²) in [6, 6.07) is 3.97. The summed E-state index contributed by atoms with van der Waals surface area (Å²) >= 11 is 6.78. The van der Waals surface area contributed by atoms with Gasteiger partial charge >= 0.3 is 5.97 Å². The Morgan fingerprint density at radius 3 is 2.58 bits per heavy atom. The van der Waals surface area contributed by atoms with E-state index in [0.717, 1.165) is 9.93 Å². The average Bonchev–Trinajstić information content (AvgIpc) is 2.41. The Hall–Kier alpha value is -1.33. The zero-order valence-electron chi connectivity index (χ0n) is 11.3. The molecule has 0 fully saturated rings. The lowest BCUT2D eigenvalue weighted by molar-refractivity contribution is -0.578. The standard InChI is InChI=1S/C14H17NO2S2/c1-4-17-13(16)6-5-12(14(18)19-3)15-9-7-11(2)8-10-15/h5-10H,4H2,1-3H3. The Labute approximate surface area is 123 Å². The van der Waals surface area contributed by atoms with Crippen LogP contribution in [0.5, 0.6) is 0 Å². The van der Waals surface area contributed by atoms with Crippen molar-refractivity contribution >= 4 is 36.1 Å². The second-order valence-electron chi connectivity index (χ2n) is 3.74. The van der Waals surface area contributed by atoms with E-state index >= 15 is 0 Å². The van der Waals surface area contributed by atoms with E-state index in [4.69, 9.17) is 17.4 Å². The smallest absolute Gasteiger partial charge is 0.330 e. The number of hydrogen-bond acceptors (Lipinski definition) is 4. The lowest BCUT2D eigenvalue weighted by Crippen LogP contribution is -2.31. The largest absolute Gasteiger partial charge is 0.767 e. The van der Waals surface area contributed by atoms with E-state index in [1.807, 2.05) is 42.3 Å². The zero-order valence-corrected chi connectivity index (χ0v) is 12.9. The minimum absolute atomic E-state index is 0.364. The number of hydrogen-bond donors (Lipinski definition) is 0. The second-order valence-corrected chi connectivity index (χ2v) is 5.23. The van der Waals surface area contributed by atoms with E-state index in [1.54, 1.807) is 13.0 Å². The molecule has 0 N–H and O–H groups in total. The van der Waals surface area contributed by atoms with Gasteiger partial charge in [-0.05, 0) is 25.7 Å². The number of carbonyl (C=O) groups excluding carboxylic acids is 1.